The van der Waals surface area contributed by atoms with Gasteiger partial charge in [-0.25, -0.2) is 0 Å². The van der Waals surface area contributed by atoms with Crippen LogP contribution < -0.4 is 11.1 Å². The van der Waals surface area contributed by atoms with E-state index in [1.54, 1.807) is 24.5 Å². The van der Waals surface area contributed by atoms with Gasteiger partial charge in [0, 0.05) is 12.6 Å². The number of H-pyrrole nitrogens is 1. The van der Waals surface area contributed by atoms with E-state index in [0.29, 0.717) is 30.2 Å². The van der Waals surface area contributed by atoms with Gasteiger partial charge in [-0.3, -0.25) is 9.89 Å². The quantitative estimate of drug-likeness (QED) is 0.668. The SMILES string of the molecule is NCCCCNC(=O)c1cc(-c2ccco2)[nH]n1. The highest BCUT2D eigenvalue weighted by atomic mass is 16.3. The summed E-state index contributed by atoms with van der Waals surface area (Å²) >= 11 is 0. The van der Waals surface area contributed by atoms with Crippen molar-refractivity contribution in [1.29, 1.82) is 0 Å². The summed E-state index contributed by atoms with van der Waals surface area (Å²) in [4.78, 5) is 11.7. The number of nitrogens with one attached hydrogen (secondary N) is 2. The molecule has 2 aromatic rings. The molecule has 6 nitrogen and oxygen atoms in total. The zero-order valence-electron chi connectivity index (χ0n) is 9.98. The molecule has 2 rings (SSSR count). The molecule has 1 amide bonds. The van der Waals surface area contributed by atoms with Crippen molar-refractivity contribution in [2.45, 2.75) is 12.8 Å². The van der Waals surface area contributed by atoms with Crippen molar-refractivity contribution in [3.05, 3.63) is 30.2 Å². The lowest BCUT2D eigenvalue weighted by molar-refractivity contribution is 0.0948. The molecular weight excluding hydrogens is 232 g/mol. The molecule has 0 saturated heterocycles. The maximum absolute atomic E-state index is 11.7. The fraction of sp³-hybridized carbons (Fsp3) is 0.333. The molecule has 18 heavy (non-hydrogen) atoms. The normalized spacial score (nSPS) is 10.5. The van der Waals surface area contributed by atoms with Gasteiger partial charge in [0.25, 0.3) is 5.91 Å². The van der Waals surface area contributed by atoms with E-state index >= 15 is 0 Å². The number of nitrogens with two attached hydrogens (primary N) is 1. The standard InChI is InChI=1S/C12H16N4O2/c13-5-1-2-6-14-12(17)10-8-9(15-16-10)11-4-3-7-18-11/h3-4,7-8H,1-2,5-6,13H2,(H,14,17)(H,15,16). The largest absolute Gasteiger partial charge is 0.463 e. The van der Waals surface area contributed by atoms with E-state index in [-0.39, 0.29) is 5.91 Å². The van der Waals surface area contributed by atoms with Crippen LogP contribution in [0.15, 0.2) is 28.9 Å². The van der Waals surface area contributed by atoms with E-state index in [1.165, 1.54) is 0 Å². The number of unbranched alkanes of at least 4 members (excludes halogenated alkanes) is 1. The Bertz CT molecular complexity index is 490. The number of aromatic amines is 1. The van der Waals surface area contributed by atoms with Crippen molar-refractivity contribution in [2.24, 2.45) is 5.73 Å². The molecule has 96 valence electrons. The zero-order valence-corrected chi connectivity index (χ0v) is 9.98. The van der Waals surface area contributed by atoms with Gasteiger partial charge in [0.15, 0.2) is 11.5 Å². The lowest BCUT2D eigenvalue weighted by atomic mass is 10.3. The summed E-state index contributed by atoms with van der Waals surface area (Å²) in [7, 11) is 0. The fourth-order valence-corrected chi connectivity index (χ4v) is 1.56. The second kappa shape index (κ2) is 6.02. The first-order chi connectivity index (χ1) is 8.81. The molecular formula is C12H16N4O2. The van der Waals surface area contributed by atoms with Gasteiger partial charge < -0.3 is 15.5 Å². The maximum atomic E-state index is 11.7. The lowest BCUT2D eigenvalue weighted by Crippen LogP contribution is -2.25. The van der Waals surface area contributed by atoms with Crippen molar-refractivity contribution in [3.8, 4) is 11.5 Å². The third-order valence-electron chi connectivity index (χ3n) is 2.51. The summed E-state index contributed by atoms with van der Waals surface area (Å²) in [6.07, 6.45) is 3.35. The third kappa shape index (κ3) is 2.98. The van der Waals surface area contributed by atoms with Crippen LogP contribution in [0, 0.1) is 0 Å². The van der Waals surface area contributed by atoms with Crippen molar-refractivity contribution < 1.29 is 9.21 Å². The molecule has 0 aliphatic heterocycles. The molecule has 0 aliphatic rings. The minimum atomic E-state index is -0.193. The molecule has 0 atom stereocenters. The van der Waals surface area contributed by atoms with Crippen molar-refractivity contribution in [3.63, 3.8) is 0 Å². The maximum Gasteiger partial charge on any atom is 0.271 e. The van der Waals surface area contributed by atoms with Gasteiger partial charge in [0.2, 0.25) is 0 Å². The van der Waals surface area contributed by atoms with Crippen molar-refractivity contribution in [2.75, 3.05) is 13.1 Å². The van der Waals surface area contributed by atoms with E-state index in [2.05, 4.69) is 15.5 Å². The Labute approximate surface area is 105 Å². The Morgan fingerprint density at radius 3 is 3.11 bits per heavy atom. The molecule has 0 aromatic carbocycles. The van der Waals surface area contributed by atoms with Crippen molar-refractivity contribution >= 4 is 5.91 Å². The van der Waals surface area contributed by atoms with Crippen LogP contribution in [0.1, 0.15) is 23.3 Å². The highest BCUT2D eigenvalue weighted by Crippen LogP contribution is 2.17. The van der Waals surface area contributed by atoms with Crippen LogP contribution in [-0.2, 0) is 0 Å². The first kappa shape index (κ1) is 12.4. The minimum absolute atomic E-state index is 0.193. The summed E-state index contributed by atoms with van der Waals surface area (Å²) in [6, 6.07) is 5.25. The molecule has 0 aliphatic carbocycles. The highest BCUT2D eigenvalue weighted by molar-refractivity contribution is 5.93. The smallest absolute Gasteiger partial charge is 0.271 e. The van der Waals surface area contributed by atoms with Gasteiger partial charge >= 0.3 is 0 Å². The van der Waals surface area contributed by atoms with E-state index < -0.39 is 0 Å². The van der Waals surface area contributed by atoms with Gasteiger partial charge in [-0.15, -0.1) is 0 Å². The summed E-state index contributed by atoms with van der Waals surface area (Å²) in [6.45, 7) is 1.25. The first-order valence-electron chi connectivity index (χ1n) is 5.89. The average Bonchev–Trinajstić information content (AvgIpc) is 3.03. The van der Waals surface area contributed by atoms with Gasteiger partial charge in [-0.1, -0.05) is 0 Å². The number of carbonyl (C=O) groups excluding carboxylic acids is 1. The van der Waals surface area contributed by atoms with E-state index in [1.807, 2.05) is 0 Å². The predicted octanol–water partition coefficient (Wildman–Crippen LogP) is 1.14. The number of nitrogens with zero attached hydrogens (tertiary/aromatic N) is 1. The molecule has 6 heteroatoms. The van der Waals surface area contributed by atoms with Gasteiger partial charge in [-0.2, -0.15) is 5.10 Å². The lowest BCUT2D eigenvalue weighted by Gasteiger charge is -2.01. The summed E-state index contributed by atoms with van der Waals surface area (Å²) < 4.78 is 5.21. The molecule has 0 spiro atoms. The third-order valence-corrected chi connectivity index (χ3v) is 2.51. The molecule has 0 bridgehead atoms. The summed E-state index contributed by atoms with van der Waals surface area (Å²) in [5, 5.41) is 9.50. The second-order valence-corrected chi connectivity index (χ2v) is 3.90. The van der Waals surface area contributed by atoms with Crippen LogP contribution in [0.5, 0.6) is 0 Å². The molecule has 0 radical (unpaired) electrons. The van der Waals surface area contributed by atoms with Crippen LogP contribution in [0.2, 0.25) is 0 Å². The van der Waals surface area contributed by atoms with Crippen LogP contribution in [-0.4, -0.2) is 29.2 Å². The molecule has 0 unspecified atom stereocenters. The fourth-order valence-electron chi connectivity index (χ4n) is 1.56. The van der Waals surface area contributed by atoms with E-state index in [0.717, 1.165) is 12.8 Å². The second-order valence-electron chi connectivity index (χ2n) is 3.90. The molecule has 0 fully saturated rings. The summed E-state index contributed by atoms with van der Waals surface area (Å²) in [5.74, 6) is 0.464. The van der Waals surface area contributed by atoms with Gasteiger partial charge in [0.1, 0.15) is 5.69 Å². The number of hydrogen-bond donors (Lipinski definition) is 3. The number of aromatic nitrogens is 2. The molecule has 4 N–H and O–H groups in total. The predicted molar refractivity (Wildman–Crippen MR) is 66.9 cm³/mol. The Morgan fingerprint density at radius 2 is 2.39 bits per heavy atom. The Hall–Kier alpha value is -2.08. The van der Waals surface area contributed by atoms with Crippen LogP contribution in [0.25, 0.3) is 11.5 Å². The number of furan rings is 1. The molecule has 2 heterocycles. The molecule has 2 aromatic heterocycles. The molecule has 0 saturated carbocycles. The summed E-state index contributed by atoms with van der Waals surface area (Å²) in [5.41, 5.74) is 6.42. The minimum Gasteiger partial charge on any atom is -0.463 e. The van der Waals surface area contributed by atoms with Crippen LogP contribution in [0.4, 0.5) is 0 Å². The monoisotopic (exact) mass is 248 g/mol. The van der Waals surface area contributed by atoms with Gasteiger partial charge in [0.05, 0.1) is 6.26 Å². The Kier molecular flexibility index (Phi) is 4.14. The number of hydrogen-bond acceptors (Lipinski definition) is 4. The zero-order chi connectivity index (χ0) is 12.8. The Balaban J connectivity index is 1.91. The number of carbonyl (C=O) groups is 1. The average molecular weight is 248 g/mol. The van der Waals surface area contributed by atoms with Crippen molar-refractivity contribution in [1.82, 2.24) is 15.5 Å². The van der Waals surface area contributed by atoms with Crippen LogP contribution in [0.3, 0.4) is 0 Å². The Morgan fingerprint density at radius 1 is 1.50 bits per heavy atom. The highest BCUT2D eigenvalue weighted by Gasteiger charge is 2.11. The number of amides is 1. The van der Waals surface area contributed by atoms with E-state index in [4.69, 9.17) is 10.2 Å². The van der Waals surface area contributed by atoms with Crippen LogP contribution >= 0.6 is 0 Å². The van der Waals surface area contributed by atoms with Gasteiger partial charge in [-0.05, 0) is 31.5 Å². The van der Waals surface area contributed by atoms with E-state index in [9.17, 15) is 4.79 Å². The number of rotatable bonds is 6. The first-order valence-corrected chi connectivity index (χ1v) is 5.89. The topological polar surface area (TPSA) is 96.9 Å².